The molecule has 16 heteroatoms. The van der Waals surface area contributed by atoms with Crippen molar-refractivity contribution < 1.29 is 33.5 Å². The second-order valence-electron chi connectivity index (χ2n) is 13.4. The molecule has 46 heavy (non-hydrogen) atoms. The number of ether oxygens (including phenoxy) is 1. The highest BCUT2D eigenvalue weighted by atomic mass is 16.6. The number of carbonyl (C=O) groups excluding carboxylic acids is 6. The molecule has 0 bridgehead atoms. The largest absolute Gasteiger partial charge is 0.444 e. The predicted molar refractivity (Wildman–Crippen MR) is 173 cm³/mol. The highest BCUT2D eigenvalue weighted by molar-refractivity contribution is 5.96. The predicted octanol–water partition coefficient (Wildman–Crippen LogP) is -1.72. The van der Waals surface area contributed by atoms with Crippen LogP contribution in [0.5, 0.6) is 0 Å². The van der Waals surface area contributed by atoms with Crippen LogP contribution in [0.4, 0.5) is 4.79 Å². The van der Waals surface area contributed by atoms with Gasteiger partial charge in [0.25, 0.3) is 0 Å². The van der Waals surface area contributed by atoms with Crippen molar-refractivity contribution >= 4 is 35.6 Å². The third-order valence-electron chi connectivity index (χ3n) is 7.45. The number of likely N-dealkylation sites (N-methyl/N-ethyl adjacent to an activating group) is 3. The number of carbonyl (C=O) groups is 6. The smallest absolute Gasteiger partial charge is 0.407 e. The van der Waals surface area contributed by atoms with Gasteiger partial charge in [0.1, 0.15) is 23.7 Å². The van der Waals surface area contributed by atoms with E-state index in [0.29, 0.717) is 39.0 Å². The summed E-state index contributed by atoms with van der Waals surface area (Å²) in [5.74, 6) is -3.25. The van der Waals surface area contributed by atoms with Crippen molar-refractivity contribution in [3.63, 3.8) is 0 Å². The van der Waals surface area contributed by atoms with Gasteiger partial charge in [0, 0.05) is 45.8 Å². The van der Waals surface area contributed by atoms with Crippen molar-refractivity contribution in [2.24, 2.45) is 17.4 Å². The Bertz CT molecular complexity index is 1050. The van der Waals surface area contributed by atoms with E-state index in [0.717, 1.165) is 13.1 Å². The SMILES string of the molecule is CC(C)[C@H](NC(=O)[C@@H]1CCCN1C(=O)[C@H](CC(N)=O)NC(=O)CN(C)CCN(C)CCN(C)CCNC(=O)OC(C)(C)C)C(N)=O. The molecule has 1 saturated heterocycles. The number of primary amides is 2. The number of nitrogens with one attached hydrogen (secondary N) is 3. The van der Waals surface area contributed by atoms with Crippen LogP contribution in [-0.2, 0) is 28.7 Å². The normalized spacial score (nSPS) is 16.4. The fraction of sp³-hybridized carbons (Fsp3) is 0.800. The third kappa shape index (κ3) is 15.7. The van der Waals surface area contributed by atoms with E-state index in [9.17, 15) is 28.8 Å². The molecule has 1 fully saturated rings. The lowest BCUT2D eigenvalue weighted by Gasteiger charge is -2.30. The quantitative estimate of drug-likeness (QED) is 0.106. The summed E-state index contributed by atoms with van der Waals surface area (Å²) in [5, 5.41) is 7.99. The molecular weight excluding hydrogens is 598 g/mol. The van der Waals surface area contributed by atoms with Gasteiger partial charge in [-0.25, -0.2) is 4.79 Å². The standard InChI is InChI=1S/C30H57N9O7/c1-20(2)25(26(32)42)35-27(43)22-10-9-12-39(22)28(44)21(18-23(31)40)34-24(41)19-38(8)17-16-37(7)15-14-36(6)13-11-33-29(45)46-30(3,4)5/h20-22,25H,9-19H2,1-8H3,(H2,31,40)(H2,32,42)(H,33,45)(H,34,41)(H,35,43)/t21-,22-,25-/m0/s1. The Morgan fingerprint density at radius 1 is 0.891 bits per heavy atom. The van der Waals surface area contributed by atoms with E-state index < -0.39 is 65.8 Å². The minimum absolute atomic E-state index is 0.0226. The van der Waals surface area contributed by atoms with Crippen molar-refractivity contribution in [3.05, 3.63) is 0 Å². The van der Waals surface area contributed by atoms with Crippen molar-refractivity contribution in [1.29, 1.82) is 0 Å². The summed E-state index contributed by atoms with van der Waals surface area (Å²) in [6.45, 7) is 13.1. The zero-order valence-electron chi connectivity index (χ0n) is 28.9. The molecule has 1 aliphatic heterocycles. The van der Waals surface area contributed by atoms with Crippen molar-refractivity contribution in [2.75, 3.05) is 73.5 Å². The molecule has 0 spiro atoms. The lowest BCUT2D eigenvalue weighted by molar-refractivity contribution is -0.143. The minimum Gasteiger partial charge on any atom is -0.444 e. The van der Waals surface area contributed by atoms with Gasteiger partial charge in [-0.2, -0.15) is 0 Å². The Labute approximate surface area is 273 Å². The Kier molecular flexibility index (Phi) is 16.9. The molecule has 16 nitrogen and oxygen atoms in total. The van der Waals surface area contributed by atoms with Crippen LogP contribution in [0, 0.1) is 5.92 Å². The number of likely N-dealkylation sites (tertiary alicyclic amines) is 1. The van der Waals surface area contributed by atoms with Gasteiger partial charge in [-0.1, -0.05) is 13.8 Å². The number of amides is 6. The van der Waals surface area contributed by atoms with Crippen molar-refractivity contribution in [1.82, 2.24) is 35.6 Å². The molecule has 3 atom stereocenters. The van der Waals surface area contributed by atoms with E-state index in [2.05, 4.69) is 25.8 Å². The maximum atomic E-state index is 13.4. The minimum atomic E-state index is -1.23. The maximum Gasteiger partial charge on any atom is 0.407 e. The van der Waals surface area contributed by atoms with Gasteiger partial charge in [0.05, 0.1) is 13.0 Å². The van der Waals surface area contributed by atoms with Crippen LogP contribution in [0.25, 0.3) is 0 Å². The molecule has 264 valence electrons. The highest BCUT2D eigenvalue weighted by Crippen LogP contribution is 2.20. The Hall–Kier alpha value is -3.50. The molecule has 1 aliphatic rings. The van der Waals surface area contributed by atoms with Gasteiger partial charge >= 0.3 is 6.09 Å². The molecule has 0 aromatic rings. The first-order valence-electron chi connectivity index (χ1n) is 15.8. The molecule has 0 saturated carbocycles. The van der Waals surface area contributed by atoms with Gasteiger partial charge < -0.3 is 46.9 Å². The van der Waals surface area contributed by atoms with Crippen molar-refractivity contribution in [2.45, 2.75) is 77.6 Å². The lowest BCUT2D eigenvalue weighted by atomic mass is 10.0. The number of alkyl carbamates (subject to hydrolysis) is 1. The number of rotatable bonds is 19. The summed E-state index contributed by atoms with van der Waals surface area (Å²) in [6.07, 6.45) is 0.0465. The van der Waals surface area contributed by atoms with Crippen LogP contribution < -0.4 is 27.4 Å². The Balaban J connectivity index is 2.58. The van der Waals surface area contributed by atoms with E-state index in [-0.39, 0.29) is 19.0 Å². The second kappa shape index (κ2) is 19.2. The van der Waals surface area contributed by atoms with Crippen LogP contribution in [0.15, 0.2) is 0 Å². The van der Waals surface area contributed by atoms with Crippen LogP contribution in [0.1, 0.15) is 53.9 Å². The summed E-state index contributed by atoms with van der Waals surface area (Å²) in [5.41, 5.74) is 10.3. The van der Waals surface area contributed by atoms with Crippen LogP contribution >= 0.6 is 0 Å². The fourth-order valence-electron chi connectivity index (χ4n) is 4.85. The third-order valence-corrected chi connectivity index (χ3v) is 7.45. The number of hydrogen-bond acceptors (Lipinski definition) is 10. The van der Waals surface area contributed by atoms with Crippen LogP contribution in [-0.4, -0.2) is 152 Å². The van der Waals surface area contributed by atoms with Gasteiger partial charge in [-0.3, -0.25) is 28.9 Å². The summed E-state index contributed by atoms with van der Waals surface area (Å²) in [7, 11) is 5.71. The van der Waals surface area contributed by atoms with Gasteiger partial charge in [0.15, 0.2) is 0 Å². The summed E-state index contributed by atoms with van der Waals surface area (Å²) in [4.78, 5) is 82.0. The fourth-order valence-corrected chi connectivity index (χ4v) is 4.85. The van der Waals surface area contributed by atoms with Crippen molar-refractivity contribution in [3.8, 4) is 0 Å². The van der Waals surface area contributed by atoms with E-state index >= 15 is 0 Å². The monoisotopic (exact) mass is 655 g/mol. The van der Waals surface area contributed by atoms with E-state index in [1.54, 1.807) is 25.8 Å². The molecule has 0 radical (unpaired) electrons. The van der Waals surface area contributed by atoms with E-state index in [1.165, 1.54) is 4.90 Å². The first-order chi connectivity index (χ1) is 21.3. The average molecular weight is 656 g/mol. The topological polar surface area (TPSA) is 213 Å². The first kappa shape index (κ1) is 40.5. The zero-order valence-corrected chi connectivity index (χ0v) is 28.9. The molecular formula is C30H57N9O7. The van der Waals surface area contributed by atoms with Gasteiger partial charge in [0.2, 0.25) is 29.5 Å². The molecule has 7 N–H and O–H groups in total. The van der Waals surface area contributed by atoms with Crippen LogP contribution in [0.2, 0.25) is 0 Å². The van der Waals surface area contributed by atoms with Gasteiger partial charge in [-0.05, 0) is 60.7 Å². The number of nitrogens with zero attached hydrogens (tertiary/aromatic N) is 4. The summed E-state index contributed by atoms with van der Waals surface area (Å²) >= 11 is 0. The summed E-state index contributed by atoms with van der Waals surface area (Å²) < 4.78 is 5.23. The molecule has 1 rings (SSSR count). The number of nitrogens with two attached hydrogens (primary N) is 2. The first-order valence-corrected chi connectivity index (χ1v) is 15.8. The second-order valence-corrected chi connectivity index (χ2v) is 13.4. The summed E-state index contributed by atoms with van der Waals surface area (Å²) in [6, 6.07) is -2.99. The van der Waals surface area contributed by atoms with E-state index in [1.807, 2.05) is 34.9 Å². The molecule has 0 aliphatic carbocycles. The average Bonchev–Trinajstić information content (AvgIpc) is 3.41. The van der Waals surface area contributed by atoms with Gasteiger partial charge in [-0.15, -0.1) is 0 Å². The molecule has 0 aromatic heterocycles. The number of hydrogen-bond donors (Lipinski definition) is 5. The molecule has 1 heterocycles. The lowest BCUT2D eigenvalue weighted by Crippen LogP contribution is -2.57. The maximum absolute atomic E-state index is 13.4. The highest BCUT2D eigenvalue weighted by Gasteiger charge is 2.39. The van der Waals surface area contributed by atoms with Crippen LogP contribution in [0.3, 0.4) is 0 Å². The van der Waals surface area contributed by atoms with E-state index in [4.69, 9.17) is 16.2 Å². The Morgan fingerprint density at radius 3 is 1.98 bits per heavy atom. The molecule has 0 unspecified atom stereocenters. The molecule has 6 amide bonds. The molecule has 0 aromatic carbocycles. The Morgan fingerprint density at radius 2 is 1.46 bits per heavy atom. The zero-order chi connectivity index (χ0) is 35.2.